The van der Waals surface area contributed by atoms with Crippen LogP contribution in [-0.4, -0.2) is 21.5 Å². The van der Waals surface area contributed by atoms with Gasteiger partial charge in [-0.15, -0.1) is 0 Å². The molecule has 20 heavy (non-hydrogen) atoms. The van der Waals surface area contributed by atoms with Crippen LogP contribution in [0, 0.1) is 0 Å². The van der Waals surface area contributed by atoms with Gasteiger partial charge in [0, 0.05) is 5.56 Å². The van der Waals surface area contributed by atoms with Crippen LogP contribution in [-0.2, 0) is 12.8 Å². The maximum Gasteiger partial charge on any atom is 0.162 e. The maximum atomic E-state index is 10.5. The normalized spacial score (nSPS) is 21.3. The minimum Gasteiger partial charge on any atom is -0.427 e. The van der Waals surface area contributed by atoms with Crippen molar-refractivity contribution in [2.45, 2.75) is 38.1 Å². The lowest BCUT2D eigenvalue weighted by molar-refractivity contribution is 0.160. The lowest BCUT2D eigenvalue weighted by atomic mass is 10.0. The van der Waals surface area contributed by atoms with Crippen molar-refractivity contribution in [2.75, 3.05) is 6.54 Å². The molecule has 0 amide bonds. The van der Waals surface area contributed by atoms with Crippen molar-refractivity contribution in [1.82, 2.24) is 15.0 Å². The Hall–Kier alpha value is -1.81. The molecule has 1 fully saturated rings. The first kappa shape index (κ1) is 12.0. The average molecular weight is 269 g/mol. The fourth-order valence-corrected chi connectivity index (χ4v) is 3.45. The minimum atomic E-state index is 0.194. The van der Waals surface area contributed by atoms with Gasteiger partial charge in [-0.05, 0) is 44.2 Å². The van der Waals surface area contributed by atoms with Gasteiger partial charge in [0.25, 0.3) is 0 Å². The van der Waals surface area contributed by atoms with Crippen LogP contribution in [0.1, 0.15) is 42.4 Å². The van der Waals surface area contributed by atoms with Crippen LogP contribution in [0.5, 0.6) is 0 Å². The summed E-state index contributed by atoms with van der Waals surface area (Å²) < 4.78 is 1.35. The van der Waals surface area contributed by atoms with Gasteiger partial charge in [-0.3, -0.25) is 0 Å². The van der Waals surface area contributed by atoms with Crippen molar-refractivity contribution in [3.63, 3.8) is 0 Å². The number of hydrogen-bond acceptors (Lipinski definition) is 3. The van der Waals surface area contributed by atoms with Crippen molar-refractivity contribution < 1.29 is 5.21 Å². The Labute approximate surface area is 118 Å². The number of imidazole rings is 1. The molecule has 1 aliphatic carbocycles. The summed E-state index contributed by atoms with van der Waals surface area (Å²) in [7, 11) is 0. The van der Waals surface area contributed by atoms with Gasteiger partial charge in [-0.1, -0.05) is 24.3 Å². The first-order valence-electron chi connectivity index (χ1n) is 7.47. The second kappa shape index (κ2) is 4.63. The quantitative estimate of drug-likeness (QED) is 0.783. The fraction of sp³-hybridized carbons (Fsp3) is 0.438. The molecular weight excluding hydrogens is 250 g/mol. The molecule has 2 aromatic rings. The Morgan fingerprint density at radius 1 is 1.20 bits per heavy atom. The molecule has 4 nitrogen and oxygen atoms in total. The second-order valence-corrected chi connectivity index (χ2v) is 5.74. The van der Waals surface area contributed by atoms with E-state index in [1.54, 1.807) is 0 Å². The van der Waals surface area contributed by atoms with E-state index in [4.69, 9.17) is 4.98 Å². The number of benzene rings is 1. The Bertz CT molecular complexity index is 641. The van der Waals surface area contributed by atoms with E-state index in [9.17, 15) is 5.21 Å². The van der Waals surface area contributed by atoms with Crippen LogP contribution in [0.25, 0.3) is 11.3 Å². The number of nitrogens with zero attached hydrogens (tertiary/aromatic N) is 2. The highest BCUT2D eigenvalue weighted by Gasteiger charge is 2.28. The van der Waals surface area contributed by atoms with Gasteiger partial charge in [0.2, 0.25) is 0 Å². The molecular formula is C16H19N3O. The van der Waals surface area contributed by atoms with Gasteiger partial charge in [-0.2, -0.15) is 4.73 Å². The van der Waals surface area contributed by atoms with Gasteiger partial charge >= 0.3 is 0 Å². The summed E-state index contributed by atoms with van der Waals surface area (Å²) in [6.45, 7) is 1.01. The molecule has 2 N–H and O–H groups in total. The summed E-state index contributed by atoms with van der Waals surface area (Å²) in [4.78, 5) is 4.78. The molecule has 0 radical (unpaired) electrons. The van der Waals surface area contributed by atoms with Crippen LogP contribution in [0.3, 0.4) is 0 Å². The summed E-state index contributed by atoms with van der Waals surface area (Å²) >= 11 is 0. The summed E-state index contributed by atoms with van der Waals surface area (Å²) in [5, 5.41) is 13.9. The van der Waals surface area contributed by atoms with E-state index < -0.39 is 0 Å². The van der Waals surface area contributed by atoms with Crippen molar-refractivity contribution in [1.29, 1.82) is 0 Å². The zero-order chi connectivity index (χ0) is 13.5. The Kier molecular flexibility index (Phi) is 2.77. The molecule has 0 bridgehead atoms. The Balaban J connectivity index is 1.87. The first-order chi connectivity index (χ1) is 9.84. The number of hydrogen-bond donors (Lipinski definition) is 2. The standard InChI is InChI=1S/C16H19N3O/c20-19-14-9-3-6-11-5-1-2-7-12(11)15(14)18-16(19)13-8-4-10-17-13/h1-2,5,7,13,17,20H,3-4,6,8-10H2/t13-/m0/s1. The third kappa shape index (κ3) is 1.75. The van der Waals surface area contributed by atoms with Crippen LogP contribution in [0.2, 0.25) is 0 Å². The molecule has 1 atom stereocenters. The molecule has 1 aromatic carbocycles. The van der Waals surface area contributed by atoms with Crippen molar-refractivity contribution in [2.24, 2.45) is 0 Å². The van der Waals surface area contributed by atoms with Gasteiger partial charge in [0.1, 0.15) is 0 Å². The van der Waals surface area contributed by atoms with Crippen LogP contribution in [0.15, 0.2) is 24.3 Å². The van der Waals surface area contributed by atoms with E-state index in [2.05, 4.69) is 29.6 Å². The molecule has 104 valence electrons. The summed E-state index contributed by atoms with van der Waals surface area (Å²) in [6, 6.07) is 8.63. The monoisotopic (exact) mass is 269 g/mol. The molecule has 2 heterocycles. The number of aromatic nitrogens is 2. The summed E-state index contributed by atoms with van der Waals surface area (Å²) in [5.41, 5.74) is 4.48. The van der Waals surface area contributed by atoms with Crippen LogP contribution in [0.4, 0.5) is 0 Å². The third-order valence-electron chi connectivity index (χ3n) is 4.48. The van der Waals surface area contributed by atoms with Gasteiger partial charge < -0.3 is 10.5 Å². The van der Waals surface area contributed by atoms with Crippen LogP contribution >= 0.6 is 0 Å². The smallest absolute Gasteiger partial charge is 0.162 e. The molecule has 1 aromatic heterocycles. The molecule has 0 unspecified atom stereocenters. The zero-order valence-electron chi connectivity index (χ0n) is 11.5. The predicted molar refractivity (Wildman–Crippen MR) is 76.9 cm³/mol. The molecule has 0 spiro atoms. The van der Waals surface area contributed by atoms with Crippen molar-refractivity contribution >= 4 is 0 Å². The number of aryl methyl sites for hydroxylation is 1. The topological polar surface area (TPSA) is 50.1 Å². The third-order valence-corrected chi connectivity index (χ3v) is 4.48. The number of nitrogens with one attached hydrogen (secondary N) is 1. The predicted octanol–water partition coefficient (Wildman–Crippen LogP) is 2.70. The minimum absolute atomic E-state index is 0.194. The fourth-order valence-electron chi connectivity index (χ4n) is 3.45. The van der Waals surface area contributed by atoms with Gasteiger partial charge in [0.15, 0.2) is 5.82 Å². The largest absolute Gasteiger partial charge is 0.427 e. The van der Waals surface area contributed by atoms with E-state index >= 15 is 0 Å². The molecule has 4 rings (SSSR count). The van der Waals surface area contributed by atoms with E-state index in [1.807, 2.05) is 0 Å². The molecule has 1 saturated heterocycles. The van der Waals surface area contributed by atoms with Gasteiger partial charge in [-0.25, -0.2) is 4.98 Å². The van der Waals surface area contributed by atoms with Crippen molar-refractivity contribution in [3.8, 4) is 11.3 Å². The highest BCUT2D eigenvalue weighted by atomic mass is 16.5. The Morgan fingerprint density at radius 2 is 2.10 bits per heavy atom. The van der Waals surface area contributed by atoms with E-state index in [0.717, 1.165) is 55.9 Å². The molecule has 1 aliphatic heterocycles. The zero-order valence-corrected chi connectivity index (χ0v) is 11.5. The van der Waals surface area contributed by atoms with Crippen molar-refractivity contribution in [3.05, 3.63) is 41.3 Å². The second-order valence-electron chi connectivity index (χ2n) is 5.74. The summed E-state index contributed by atoms with van der Waals surface area (Å²) in [5.74, 6) is 0.782. The first-order valence-corrected chi connectivity index (χ1v) is 7.47. The highest BCUT2D eigenvalue weighted by Crippen LogP contribution is 2.34. The van der Waals surface area contributed by atoms with E-state index in [1.165, 1.54) is 15.9 Å². The summed E-state index contributed by atoms with van der Waals surface area (Å²) in [6.07, 6.45) is 5.22. The molecule has 0 saturated carbocycles. The average Bonchev–Trinajstić information content (AvgIpc) is 3.05. The van der Waals surface area contributed by atoms with Gasteiger partial charge in [0.05, 0.1) is 17.4 Å². The molecule has 2 aliphatic rings. The highest BCUT2D eigenvalue weighted by molar-refractivity contribution is 5.67. The Morgan fingerprint density at radius 3 is 2.95 bits per heavy atom. The van der Waals surface area contributed by atoms with E-state index in [0.29, 0.717) is 0 Å². The number of fused-ring (bicyclic) bond motifs is 3. The lowest BCUT2D eigenvalue weighted by Crippen LogP contribution is -2.18. The SMILES string of the molecule is On1c([C@@H]2CCCN2)nc2c1CCCc1ccccc1-2. The lowest BCUT2D eigenvalue weighted by Gasteiger charge is -2.09. The number of rotatable bonds is 1. The maximum absolute atomic E-state index is 10.5. The van der Waals surface area contributed by atoms with Crippen LogP contribution < -0.4 is 5.32 Å². The molecule has 4 heteroatoms. The van der Waals surface area contributed by atoms with E-state index in [-0.39, 0.29) is 6.04 Å².